The third-order valence-electron chi connectivity index (χ3n) is 5.00. The Kier molecular flexibility index (Phi) is 5.99. The van der Waals surface area contributed by atoms with Gasteiger partial charge in [0.2, 0.25) is 0 Å². The van der Waals surface area contributed by atoms with E-state index in [-0.39, 0.29) is 21.2 Å². The average Bonchev–Trinajstić information content (AvgIpc) is 3.35. The Hall–Kier alpha value is -2.55. The second kappa shape index (κ2) is 8.67. The van der Waals surface area contributed by atoms with Gasteiger partial charge in [0.25, 0.3) is 5.91 Å². The molecule has 30 heavy (non-hydrogen) atoms. The van der Waals surface area contributed by atoms with Gasteiger partial charge in [-0.1, -0.05) is 17.7 Å². The lowest BCUT2D eigenvalue weighted by atomic mass is 10.1. The molecule has 1 aliphatic rings. The number of esters is 1. The number of hydrogen-bond donors (Lipinski definition) is 1. The summed E-state index contributed by atoms with van der Waals surface area (Å²) in [5, 5.41) is 3.21. The van der Waals surface area contributed by atoms with E-state index in [4.69, 9.17) is 16.3 Å². The number of fused-ring (bicyclic) bond motifs is 1. The molecule has 0 aliphatic carbocycles. The van der Waals surface area contributed by atoms with Crippen LogP contribution in [-0.2, 0) is 11.3 Å². The minimum atomic E-state index is -0.746. The summed E-state index contributed by atoms with van der Waals surface area (Å²) in [6.07, 6.45) is 2.37. The Morgan fingerprint density at radius 2 is 2.03 bits per heavy atom. The van der Waals surface area contributed by atoms with E-state index in [9.17, 15) is 14.0 Å². The number of ether oxygens (including phenoxy) is 1. The lowest BCUT2D eigenvalue weighted by Gasteiger charge is -2.13. The average molecular weight is 448 g/mol. The number of carbonyl (C=O) groups is 2. The van der Waals surface area contributed by atoms with Gasteiger partial charge in [-0.3, -0.25) is 9.69 Å². The number of hydrogen-bond acceptors (Lipinski definition) is 6. The van der Waals surface area contributed by atoms with Crippen LogP contribution in [-0.4, -0.2) is 42.0 Å². The maximum atomic E-state index is 14.2. The maximum absolute atomic E-state index is 14.2. The second-order valence-corrected chi connectivity index (χ2v) is 8.39. The second-order valence-electron chi connectivity index (χ2n) is 6.99. The highest BCUT2D eigenvalue weighted by Gasteiger charge is 2.24. The first-order valence-electron chi connectivity index (χ1n) is 9.46. The molecular weight excluding hydrogens is 429 g/mol. The Morgan fingerprint density at radius 3 is 2.73 bits per heavy atom. The van der Waals surface area contributed by atoms with Crippen LogP contribution >= 0.6 is 22.9 Å². The fraction of sp³-hybridized carbons (Fsp3) is 0.286. The van der Waals surface area contributed by atoms with Crippen molar-refractivity contribution in [3.63, 3.8) is 0 Å². The highest BCUT2D eigenvalue weighted by atomic mass is 35.5. The number of rotatable bonds is 5. The SMILES string of the molecule is COC(=O)c1sc2nc(CN3CCCC3)ccc2c1NC(=O)c1c(F)cccc1Cl. The van der Waals surface area contributed by atoms with E-state index in [0.717, 1.165) is 42.7 Å². The zero-order valence-electron chi connectivity index (χ0n) is 16.2. The summed E-state index contributed by atoms with van der Waals surface area (Å²) in [5.41, 5.74) is 0.844. The summed E-state index contributed by atoms with van der Waals surface area (Å²) in [5.74, 6) is -2.09. The van der Waals surface area contributed by atoms with Crippen molar-refractivity contribution in [2.45, 2.75) is 19.4 Å². The molecule has 156 valence electrons. The molecule has 1 amide bonds. The van der Waals surface area contributed by atoms with Gasteiger partial charge < -0.3 is 10.1 Å². The van der Waals surface area contributed by atoms with Crippen LogP contribution in [0.25, 0.3) is 10.2 Å². The van der Waals surface area contributed by atoms with Crippen molar-refractivity contribution in [1.29, 1.82) is 0 Å². The minimum absolute atomic E-state index is 0.0160. The van der Waals surface area contributed by atoms with E-state index in [1.165, 1.54) is 32.1 Å². The molecule has 0 spiro atoms. The van der Waals surface area contributed by atoms with Gasteiger partial charge in [0, 0.05) is 11.9 Å². The topological polar surface area (TPSA) is 71.5 Å². The number of halogens is 2. The third-order valence-corrected chi connectivity index (χ3v) is 6.39. The normalized spacial score (nSPS) is 14.2. The summed E-state index contributed by atoms with van der Waals surface area (Å²) < 4.78 is 19.0. The van der Waals surface area contributed by atoms with Crippen molar-refractivity contribution in [2.75, 3.05) is 25.5 Å². The lowest BCUT2D eigenvalue weighted by molar-refractivity contribution is 0.0607. The predicted molar refractivity (Wildman–Crippen MR) is 115 cm³/mol. The molecule has 2 aromatic heterocycles. The maximum Gasteiger partial charge on any atom is 0.350 e. The van der Waals surface area contributed by atoms with Crippen molar-refractivity contribution in [1.82, 2.24) is 9.88 Å². The number of methoxy groups -OCH3 is 1. The number of likely N-dealkylation sites (tertiary alicyclic amines) is 1. The number of thiophene rings is 1. The fourth-order valence-corrected chi connectivity index (χ4v) is 4.84. The van der Waals surface area contributed by atoms with Crippen LogP contribution < -0.4 is 5.32 Å². The Morgan fingerprint density at radius 1 is 1.27 bits per heavy atom. The number of carbonyl (C=O) groups excluding carboxylic acids is 2. The monoisotopic (exact) mass is 447 g/mol. The number of pyridine rings is 1. The zero-order chi connectivity index (χ0) is 21.3. The molecule has 0 atom stereocenters. The lowest BCUT2D eigenvalue weighted by Crippen LogP contribution is -2.19. The molecule has 0 radical (unpaired) electrons. The van der Waals surface area contributed by atoms with E-state index >= 15 is 0 Å². The molecule has 1 aliphatic heterocycles. The molecule has 6 nitrogen and oxygen atoms in total. The summed E-state index contributed by atoms with van der Waals surface area (Å²) >= 11 is 7.14. The number of benzene rings is 1. The molecule has 1 fully saturated rings. The van der Waals surface area contributed by atoms with Gasteiger partial charge in [0.15, 0.2) is 0 Å². The Bertz CT molecular complexity index is 1110. The van der Waals surface area contributed by atoms with Crippen molar-refractivity contribution in [2.24, 2.45) is 0 Å². The molecule has 1 N–H and O–H groups in total. The van der Waals surface area contributed by atoms with Crippen LogP contribution in [0.3, 0.4) is 0 Å². The van der Waals surface area contributed by atoms with Gasteiger partial charge in [-0.2, -0.15) is 0 Å². The first kappa shape index (κ1) is 20.7. The molecule has 3 heterocycles. The van der Waals surface area contributed by atoms with Crippen LogP contribution in [0.5, 0.6) is 0 Å². The molecule has 1 aromatic carbocycles. The molecule has 0 unspecified atom stereocenters. The van der Waals surface area contributed by atoms with Gasteiger partial charge in [-0.05, 0) is 50.2 Å². The van der Waals surface area contributed by atoms with E-state index in [0.29, 0.717) is 10.2 Å². The summed E-state index contributed by atoms with van der Waals surface area (Å²) in [7, 11) is 1.26. The molecule has 0 bridgehead atoms. The molecule has 0 saturated carbocycles. The van der Waals surface area contributed by atoms with E-state index in [1.807, 2.05) is 12.1 Å². The molecule has 1 saturated heterocycles. The molecular formula is C21H19ClFN3O3S. The molecule has 9 heteroatoms. The molecule has 3 aromatic rings. The highest BCUT2D eigenvalue weighted by molar-refractivity contribution is 7.21. The van der Waals surface area contributed by atoms with Crippen molar-refractivity contribution in [3.05, 3.63) is 57.3 Å². The summed E-state index contributed by atoms with van der Waals surface area (Å²) in [6.45, 7) is 2.82. The third kappa shape index (κ3) is 4.03. The number of aromatic nitrogens is 1. The minimum Gasteiger partial charge on any atom is -0.465 e. The van der Waals surface area contributed by atoms with Crippen LogP contribution in [0, 0.1) is 5.82 Å². The summed E-state index contributed by atoms with van der Waals surface area (Å²) in [4.78, 5) is 32.9. The van der Waals surface area contributed by atoms with E-state index in [2.05, 4.69) is 15.2 Å². The van der Waals surface area contributed by atoms with E-state index < -0.39 is 17.7 Å². The van der Waals surface area contributed by atoms with Crippen molar-refractivity contribution >= 4 is 50.7 Å². The summed E-state index contributed by atoms with van der Waals surface area (Å²) in [6, 6.07) is 7.69. The first-order chi connectivity index (χ1) is 14.5. The fourth-order valence-electron chi connectivity index (χ4n) is 3.53. The van der Waals surface area contributed by atoms with Crippen LogP contribution in [0.15, 0.2) is 30.3 Å². The predicted octanol–water partition coefficient (Wildman–Crippen LogP) is 4.72. The van der Waals surface area contributed by atoms with Crippen molar-refractivity contribution in [3.8, 4) is 0 Å². The largest absolute Gasteiger partial charge is 0.465 e. The van der Waals surface area contributed by atoms with Crippen LogP contribution in [0.1, 0.15) is 38.6 Å². The van der Waals surface area contributed by atoms with Gasteiger partial charge in [0.05, 0.1) is 29.1 Å². The standard InChI is InChI=1S/C21H19ClFN3O3S/c1-29-21(28)18-17(25-19(27)16-14(22)5-4-6-15(16)23)13-8-7-12(24-20(13)30-18)11-26-9-2-3-10-26/h4-8H,2-3,9-11H2,1H3,(H,25,27). The van der Waals surface area contributed by atoms with E-state index in [1.54, 1.807) is 0 Å². The Labute approximate surface area is 181 Å². The Balaban J connectivity index is 1.71. The van der Waals surface area contributed by atoms with Crippen LogP contribution in [0.4, 0.5) is 10.1 Å². The number of nitrogens with zero attached hydrogens (tertiary/aromatic N) is 2. The first-order valence-corrected chi connectivity index (χ1v) is 10.7. The number of amides is 1. The van der Waals surface area contributed by atoms with Crippen LogP contribution in [0.2, 0.25) is 5.02 Å². The highest BCUT2D eigenvalue weighted by Crippen LogP contribution is 2.36. The number of nitrogens with one attached hydrogen (secondary N) is 1. The van der Waals surface area contributed by atoms with Gasteiger partial charge in [0.1, 0.15) is 15.5 Å². The smallest absolute Gasteiger partial charge is 0.350 e. The zero-order valence-corrected chi connectivity index (χ0v) is 17.8. The quantitative estimate of drug-likeness (QED) is 0.573. The molecule has 4 rings (SSSR count). The van der Waals surface area contributed by atoms with Gasteiger partial charge >= 0.3 is 5.97 Å². The number of anilines is 1. The van der Waals surface area contributed by atoms with Gasteiger partial charge in [-0.15, -0.1) is 11.3 Å². The van der Waals surface area contributed by atoms with Crippen molar-refractivity contribution < 1.29 is 18.7 Å². The van der Waals surface area contributed by atoms with Gasteiger partial charge in [-0.25, -0.2) is 14.2 Å².